The Labute approximate surface area is 49.5 Å². The minimum atomic E-state index is -0.708. The Morgan fingerprint density at radius 2 is 1.88 bits per heavy atom. The van der Waals surface area contributed by atoms with E-state index in [1.54, 1.807) is 26.0 Å². The first-order valence-electron chi connectivity index (χ1n) is 2.67. The zero-order valence-electron chi connectivity index (χ0n) is 5.20. The van der Waals surface area contributed by atoms with E-state index in [2.05, 4.69) is 0 Å². The molecule has 8 heavy (non-hydrogen) atoms. The molecule has 0 fully saturated rings. The minimum absolute atomic E-state index is 0.661. The van der Waals surface area contributed by atoms with Crippen LogP contribution in [-0.4, -0.2) is 22.4 Å². The highest BCUT2D eigenvalue weighted by Gasteiger charge is 2.03. The summed E-state index contributed by atoms with van der Waals surface area (Å²) < 4.78 is 0. The normalized spacial score (nSPS) is 19.0. The molecule has 2 heteroatoms. The van der Waals surface area contributed by atoms with E-state index >= 15 is 0 Å². The first kappa shape index (κ1) is 7.66. The maximum atomic E-state index is 8.79. The molecule has 48 valence electrons. The van der Waals surface area contributed by atoms with Gasteiger partial charge in [-0.15, -0.1) is 0 Å². The minimum Gasteiger partial charge on any atom is -0.390 e. The number of aliphatic hydroxyl groups excluding tert-OH is 2. The molecule has 0 aliphatic heterocycles. The van der Waals surface area contributed by atoms with Gasteiger partial charge in [0.1, 0.15) is 0 Å². The van der Waals surface area contributed by atoms with Gasteiger partial charge < -0.3 is 10.2 Å². The lowest BCUT2D eigenvalue weighted by Crippen LogP contribution is -2.19. The van der Waals surface area contributed by atoms with Gasteiger partial charge in [0.15, 0.2) is 0 Å². The molecule has 0 unspecified atom stereocenters. The standard InChI is InChI=1S/C6H12O2/c1-3-4-6(8)5(2)7/h3-8H,1-2H3/t5-,6+/m0/s1. The highest BCUT2D eigenvalue weighted by Crippen LogP contribution is 1.91. The molecule has 0 aliphatic rings. The molecule has 0 heterocycles. The molecule has 0 aromatic rings. The van der Waals surface area contributed by atoms with Gasteiger partial charge in [-0.1, -0.05) is 12.2 Å². The van der Waals surface area contributed by atoms with Crippen LogP contribution in [0.2, 0.25) is 0 Å². The zero-order valence-corrected chi connectivity index (χ0v) is 5.20. The topological polar surface area (TPSA) is 40.5 Å². The van der Waals surface area contributed by atoms with Crippen LogP contribution in [0.3, 0.4) is 0 Å². The molecule has 0 amide bonds. The molecule has 2 atom stereocenters. The molecule has 0 aromatic heterocycles. The van der Waals surface area contributed by atoms with E-state index in [4.69, 9.17) is 10.2 Å². The summed E-state index contributed by atoms with van der Waals surface area (Å²) in [6, 6.07) is 0. The summed E-state index contributed by atoms with van der Waals surface area (Å²) in [6.45, 7) is 3.34. The highest BCUT2D eigenvalue weighted by molar-refractivity contribution is 4.87. The third kappa shape index (κ3) is 2.77. The molecule has 0 bridgehead atoms. The average Bonchev–Trinajstić information content (AvgIpc) is 1.67. The van der Waals surface area contributed by atoms with E-state index in [0.717, 1.165) is 0 Å². The quantitative estimate of drug-likeness (QED) is 0.509. The van der Waals surface area contributed by atoms with E-state index in [-0.39, 0.29) is 0 Å². The Hall–Kier alpha value is -0.340. The number of hydrogen-bond acceptors (Lipinski definition) is 2. The van der Waals surface area contributed by atoms with Crippen molar-refractivity contribution in [3.8, 4) is 0 Å². The van der Waals surface area contributed by atoms with E-state index in [1.165, 1.54) is 0 Å². The lowest BCUT2D eigenvalue weighted by atomic mass is 10.2. The van der Waals surface area contributed by atoms with Gasteiger partial charge >= 0.3 is 0 Å². The largest absolute Gasteiger partial charge is 0.390 e. The van der Waals surface area contributed by atoms with Crippen LogP contribution in [0.25, 0.3) is 0 Å². The summed E-state index contributed by atoms with van der Waals surface area (Å²) in [5.41, 5.74) is 0. The predicted molar refractivity (Wildman–Crippen MR) is 32.5 cm³/mol. The molecule has 0 aromatic carbocycles. The van der Waals surface area contributed by atoms with Crippen LogP contribution in [0.15, 0.2) is 12.2 Å². The second-order valence-corrected chi connectivity index (χ2v) is 1.76. The van der Waals surface area contributed by atoms with Crippen molar-refractivity contribution >= 4 is 0 Å². The van der Waals surface area contributed by atoms with E-state index in [0.29, 0.717) is 0 Å². The fraction of sp³-hybridized carbons (Fsp3) is 0.667. The Morgan fingerprint density at radius 1 is 1.38 bits per heavy atom. The maximum absolute atomic E-state index is 8.79. The Kier molecular flexibility index (Phi) is 3.48. The molecule has 2 N–H and O–H groups in total. The van der Waals surface area contributed by atoms with Gasteiger partial charge in [0.2, 0.25) is 0 Å². The van der Waals surface area contributed by atoms with Gasteiger partial charge in [0.05, 0.1) is 12.2 Å². The molecule has 0 radical (unpaired) electrons. The summed E-state index contributed by atoms with van der Waals surface area (Å²) in [4.78, 5) is 0. The van der Waals surface area contributed by atoms with Crippen molar-refractivity contribution in [2.45, 2.75) is 26.1 Å². The summed E-state index contributed by atoms with van der Waals surface area (Å²) >= 11 is 0. The molecule has 0 saturated carbocycles. The highest BCUT2D eigenvalue weighted by atomic mass is 16.3. The fourth-order valence-electron chi connectivity index (χ4n) is 0.358. The third-order valence-corrected chi connectivity index (χ3v) is 0.884. The number of allylic oxidation sites excluding steroid dienone is 1. The van der Waals surface area contributed by atoms with Crippen LogP contribution in [0.4, 0.5) is 0 Å². The SMILES string of the molecule is CC=C[C@@H](O)[C@H](C)O. The summed E-state index contributed by atoms with van der Waals surface area (Å²) in [7, 11) is 0. The van der Waals surface area contributed by atoms with Gasteiger partial charge in [0.25, 0.3) is 0 Å². The lowest BCUT2D eigenvalue weighted by Gasteiger charge is -2.06. The Morgan fingerprint density at radius 3 is 2.00 bits per heavy atom. The van der Waals surface area contributed by atoms with Crippen molar-refractivity contribution in [2.24, 2.45) is 0 Å². The average molecular weight is 116 g/mol. The van der Waals surface area contributed by atoms with Gasteiger partial charge in [0, 0.05) is 0 Å². The zero-order chi connectivity index (χ0) is 6.57. The molecule has 0 aliphatic carbocycles. The monoisotopic (exact) mass is 116 g/mol. The van der Waals surface area contributed by atoms with Crippen molar-refractivity contribution in [1.82, 2.24) is 0 Å². The molecule has 0 saturated heterocycles. The van der Waals surface area contributed by atoms with E-state index in [1.807, 2.05) is 0 Å². The van der Waals surface area contributed by atoms with Crippen LogP contribution >= 0.6 is 0 Å². The van der Waals surface area contributed by atoms with Crippen LogP contribution in [0, 0.1) is 0 Å². The Balaban J connectivity index is 3.47. The van der Waals surface area contributed by atoms with Crippen molar-refractivity contribution in [2.75, 3.05) is 0 Å². The summed E-state index contributed by atoms with van der Waals surface area (Å²) in [5.74, 6) is 0. The van der Waals surface area contributed by atoms with E-state index < -0.39 is 12.2 Å². The molecule has 2 nitrogen and oxygen atoms in total. The van der Waals surface area contributed by atoms with Crippen LogP contribution in [0.1, 0.15) is 13.8 Å². The summed E-state index contributed by atoms with van der Waals surface area (Å²) in [6.07, 6.45) is 1.88. The maximum Gasteiger partial charge on any atom is 0.0977 e. The molecular weight excluding hydrogens is 104 g/mol. The van der Waals surface area contributed by atoms with Crippen LogP contribution in [0.5, 0.6) is 0 Å². The van der Waals surface area contributed by atoms with E-state index in [9.17, 15) is 0 Å². The second-order valence-electron chi connectivity index (χ2n) is 1.76. The molecular formula is C6H12O2. The predicted octanol–water partition coefficient (Wildman–Crippen LogP) is 0.304. The molecule has 0 spiro atoms. The fourth-order valence-corrected chi connectivity index (χ4v) is 0.358. The van der Waals surface area contributed by atoms with Crippen LogP contribution < -0.4 is 0 Å². The van der Waals surface area contributed by atoms with Crippen molar-refractivity contribution in [3.05, 3.63) is 12.2 Å². The first-order valence-corrected chi connectivity index (χ1v) is 2.67. The van der Waals surface area contributed by atoms with Crippen molar-refractivity contribution < 1.29 is 10.2 Å². The van der Waals surface area contributed by atoms with Gasteiger partial charge in [-0.05, 0) is 13.8 Å². The number of hydrogen-bond donors (Lipinski definition) is 2. The lowest BCUT2D eigenvalue weighted by molar-refractivity contribution is 0.0618. The van der Waals surface area contributed by atoms with Crippen molar-refractivity contribution in [1.29, 1.82) is 0 Å². The first-order chi connectivity index (χ1) is 3.68. The third-order valence-electron chi connectivity index (χ3n) is 0.884. The second kappa shape index (κ2) is 3.64. The Bertz CT molecular complexity index is 76.6. The number of aliphatic hydroxyl groups is 2. The molecule has 0 rings (SSSR count). The van der Waals surface area contributed by atoms with Crippen molar-refractivity contribution in [3.63, 3.8) is 0 Å². The number of rotatable bonds is 2. The van der Waals surface area contributed by atoms with Gasteiger partial charge in [-0.3, -0.25) is 0 Å². The van der Waals surface area contributed by atoms with Gasteiger partial charge in [-0.2, -0.15) is 0 Å². The van der Waals surface area contributed by atoms with Crippen LogP contribution in [-0.2, 0) is 0 Å². The summed E-state index contributed by atoms with van der Waals surface area (Å²) in [5, 5.41) is 17.4. The van der Waals surface area contributed by atoms with Gasteiger partial charge in [-0.25, -0.2) is 0 Å². The smallest absolute Gasteiger partial charge is 0.0977 e.